The number of thioether (sulfide) groups is 1. The van der Waals surface area contributed by atoms with E-state index in [1.165, 1.54) is 26.0 Å². The molecule has 0 unspecified atom stereocenters. The highest BCUT2D eigenvalue weighted by molar-refractivity contribution is 7.99. The minimum absolute atomic E-state index is 0.318. The smallest absolute Gasteiger partial charge is 0.263 e. The van der Waals surface area contributed by atoms with Crippen LogP contribution in [0.25, 0.3) is 0 Å². The van der Waals surface area contributed by atoms with Gasteiger partial charge >= 0.3 is 0 Å². The van der Waals surface area contributed by atoms with Gasteiger partial charge in [-0.2, -0.15) is 5.26 Å². The van der Waals surface area contributed by atoms with E-state index < -0.39 is 0 Å². The number of carbonyl (C=O) groups excluding carboxylic acids is 1. The van der Waals surface area contributed by atoms with Gasteiger partial charge in [-0.15, -0.1) is 11.8 Å². The average molecular weight is 328 g/mol. The van der Waals surface area contributed by atoms with Gasteiger partial charge in [0, 0.05) is 10.6 Å². The monoisotopic (exact) mass is 328 g/mol. The molecule has 0 spiro atoms. The first kappa shape index (κ1) is 16.7. The number of amides is 1. The first-order valence-electron chi connectivity index (χ1n) is 6.81. The standard InChI is InChI=1S/C17H16N2O3S/c1-21-14-7-4-8-15(22-2)16(14)17(20)19-12-5-3-6-13(11-12)23-10-9-18/h3-8,11H,10H2,1-2H3,(H,19,20). The van der Waals surface area contributed by atoms with Gasteiger partial charge in [-0.25, -0.2) is 0 Å². The molecule has 118 valence electrons. The fourth-order valence-corrected chi connectivity index (χ4v) is 2.66. The summed E-state index contributed by atoms with van der Waals surface area (Å²) in [7, 11) is 3.01. The van der Waals surface area contributed by atoms with Crippen LogP contribution in [0, 0.1) is 11.3 Å². The predicted molar refractivity (Wildman–Crippen MR) is 90.3 cm³/mol. The van der Waals surface area contributed by atoms with Crippen LogP contribution in [0.2, 0.25) is 0 Å². The number of anilines is 1. The van der Waals surface area contributed by atoms with Gasteiger partial charge in [0.05, 0.1) is 26.0 Å². The number of nitriles is 1. The Hall–Kier alpha value is -2.65. The maximum Gasteiger partial charge on any atom is 0.263 e. The molecule has 0 fully saturated rings. The fraction of sp³-hybridized carbons (Fsp3) is 0.176. The van der Waals surface area contributed by atoms with Crippen molar-refractivity contribution in [2.24, 2.45) is 0 Å². The third kappa shape index (κ3) is 4.18. The molecule has 5 nitrogen and oxygen atoms in total. The summed E-state index contributed by atoms with van der Waals surface area (Å²) in [4.78, 5) is 13.5. The summed E-state index contributed by atoms with van der Waals surface area (Å²) in [5.41, 5.74) is 0.985. The molecule has 2 aromatic rings. The minimum Gasteiger partial charge on any atom is -0.496 e. The number of carbonyl (C=O) groups is 1. The predicted octanol–water partition coefficient (Wildman–Crippen LogP) is 3.57. The van der Waals surface area contributed by atoms with Crippen molar-refractivity contribution in [3.63, 3.8) is 0 Å². The Kier molecular flexibility index (Phi) is 5.89. The normalized spacial score (nSPS) is 9.78. The number of nitrogens with zero attached hydrogens (tertiary/aromatic N) is 1. The molecular formula is C17H16N2O3S. The molecule has 0 bridgehead atoms. The molecule has 0 aliphatic rings. The van der Waals surface area contributed by atoms with E-state index in [9.17, 15) is 4.79 Å². The lowest BCUT2D eigenvalue weighted by atomic mass is 10.1. The molecule has 0 saturated heterocycles. The molecule has 0 aliphatic carbocycles. The molecule has 2 aromatic carbocycles. The lowest BCUT2D eigenvalue weighted by molar-refractivity contribution is 0.102. The number of methoxy groups -OCH3 is 2. The Morgan fingerprint density at radius 2 is 1.83 bits per heavy atom. The van der Waals surface area contributed by atoms with Crippen LogP contribution in [0.5, 0.6) is 11.5 Å². The lowest BCUT2D eigenvalue weighted by Crippen LogP contribution is -2.14. The van der Waals surface area contributed by atoms with Gasteiger partial charge in [0.1, 0.15) is 17.1 Å². The van der Waals surface area contributed by atoms with Gasteiger partial charge in [-0.1, -0.05) is 12.1 Å². The van der Waals surface area contributed by atoms with Crippen LogP contribution in [-0.2, 0) is 0 Å². The van der Waals surface area contributed by atoms with Gasteiger partial charge in [-0.05, 0) is 30.3 Å². The van der Waals surface area contributed by atoms with Crippen molar-refractivity contribution in [1.82, 2.24) is 0 Å². The molecule has 0 aliphatic heterocycles. The van der Waals surface area contributed by atoms with Gasteiger partial charge in [0.25, 0.3) is 5.91 Å². The second-order valence-electron chi connectivity index (χ2n) is 4.47. The Labute approximate surface area is 139 Å². The summed E-state index contributed by atoms with van der Waals surface area (Å²) in [6.45, 7) is 0. The molecule has 2 rings (SSSR count). The van der Waals surface area contributed by atoms with Crippen molar-refractivity contribution in [3.8, 4) is 17.6 Å². The van der Waals surface area contributed by atoms with Crippen LogP contribution < -0.4 is 14.8 Å². The number of rotatable bonds is 6. The van der Waals surface area contributed by atoms with Crippen LogP contribution >= 0.6 is 11.8 Å². The zero-order chi connectivity index (χ0) is 16.7. The first-order valence-corrected chi connectivity index (χ1v) is 7.80. The van der Waals surface area contributed by atoms with Gasteiger partial charge in [0.2, 0.25) is 0 Å². The van der Waals surface area contributed by atoms with E-state index in [1.807, 2.05) is 18.2 Å². The lowest BCUT2D eigenvalue weighted by Gasteiger charge is -2.13. The highest BCUT2D eigenvalue weighted by Gasteiger charge is 2.18. The molecule has 0 aromatic heterocycles. The quantitative estimate of drug-likeness (QED) is 0.821. The molecule has 1 amide bonds. The maximum absolute atomic E-state index is 12.6. The summed E-state index contributed by atoms with van der Waals surface area (Å²) < 4.78 is 10.5. The fourth-order valence-electron chi connectivity index (χ4n) is 2.05. The van der Waals surface area contributed by atoms with Crippen LogP contribution in [-0.4, -0.2) is 25.9 Å². The summed E-state index contributed by atoms with van der Waals surface area (Å²) >= 11 is 1.41. The van der Waals surface area contributed by atoms with Crippen LogP contribution in [0.1, 0.15) is 10.4 Å². The van der Waals surface area contributed by atoms with Crippen LogP contribution in [0.4, 0.5) is 5.69 Å². The highest BCUT2D eigenvalue weighted by Crippen LogP contribution is 2.29. The Bertz CT molecular complexity index is 719. The number of ether oxygens (including phenoxy) is 2. The van der Waals surface area contributed by atoms with Crippen molar-refractivity contribution >= 4 is 23.4 Å². The Balaban J connectivity index is 2.24. The number of hydrogen-bond donors (Lipinski definition) is 1. The molecule has 6 heteroatoms. The van der Waals surface area contributed by atoms with E-state index in [4.69, 9.17) is 14.7 Å². The third-order valence-electron chi connectivity index (χ3n) is 3.05. The number of hydrogen-bond acceptors (Lipinski definition) is 5. The number of nitrogens with one attached hydrogen (secondary N) is 1. The number of benzene rings is 2. The summed E-state index contributed by atoms with van der Waals surface area (Å²) in [5, 5.41) is 11.5. The molecule has 0 heterocycles. The highest BCUT2D eigenvalue weighted by atomic mass is 32.2. The average Bonchev–Trinajstić information content (AvgIpc) is 2.59. The first-order chi connectivity index (χ1) is 11.2. The molecule has 1 N–H and O–H groups in total. The largest absolute Gasteiger partial charge is 0.496 e. The zero-order valence-corrected chi connectivity index (χ0v) is 13.6. The van der Waals surface area contributed by atoms with E-state index in [0.29, 0.717) is 28.5 Å². The van der Waals surface area contributed by atoms with E-state index in [2.05, 4.69) is 11.4 Å². The van der Waals surface area contributed by atoms with Crippen molar-refractivity contribution in [2.75, 3.05) is 25.3 Å². The molecule has 0 atom stereocenters. The maximum atomic E-state index is 12.6. The second kappa shape index (κ2) is 8.11. The van der Waals surface area contributed by atoms with E-state index in [0.717, 1.165) is 4.90 Å². The van der Waals surface area contributed by atoms with Crippen molar-refractivity contribution in [3.05, 3.63) is 48.0 Å². The second-order valence-corrected chi connectivity index (χ2v) is 5.52. The summed E-state index contributed by atoms with van der Waals surface area (Å²) in [6, 6.07) is 14.6. The van der Waals surface area contributed by atoms with Gasteiger partial charge in [-0.3, -0.25) is 4.79 Å². The van der Waals surface area contributed by atoms with Crippen molar-refractivity contribution < 1.29 is 14.3 Å². The Morgan fingerprint density at radius 1 is 1.17 bits per heavy atom. The molecule has 0 saturated carbocycles. The van der Waals surface area contributed by atoms with Crippen LogP contribution in [0.3, 0.4) is 0 Å². The van der Waals surface area contributed by atoms with Crippen molar-refractivity contribution in [1.29, 1.82) is 5.26 Å². The third-order valence-corrected chi connectivity index (χ3v) is 3.91. The summed E-state index contributed by atoms with van der Waals surface area (Å²) in [5.74, 6) is 0.924. The van der Waals surface area contributed by atoms with E-state index in [1.54, 1.807) is 24.3 Å². The van der Waals surface area contributed by atoms with Gasteiger partial charge in [0.15, 0.2) is 0 Å². The molecule has 0 radical (unpaired) electrons. The summed E-state index contributed by atoms with van der Waals surface area (Å²) in [6.07, 6.45) is 0. The zero-order valence-electron chi connectivity index (χ0n) is 12.8. The van der Waals surface area contributed by atoms with Crippen LogP contribution in [0.15, 0.2) is 47.4 Å². The van der Waals surface area contributed by atoms with E-state index >= 15 is 0 Å². The molecule has 23 heavy (non-hydrogen) atoms. The topological polar surface area (TPSA) is 71.3 Å². The van der Waals surface area contributed by atoms with Crippen molar-refractivity contribution in [2.45, 2.75) is 4.90 Å². The minimum atomic E-state index is -0.318. The molecular weight excluding hydrogens is 312 g/mol. The Morgan fingerprint density at radius 3 is 2.43 bits per heavy atom. The van der Waals surface area contributed by atoms with Gasteiger partial charge < -0.3 is 14.8 Å². The van der Waals surface area contributed by atoms with E-state index in [-0.39, 0.29) is 5.91 Å². The SMILES string of the molecule is COc1cccc(OC)c1C(=O)Nc1cccc(SCC#N)c1.